The van der Waals surface area contributed by atoms with E-state index in [1.54, 1.807) is 24.3 Å². The molecule has 4 rings (SSSR count). The number of amides is 2. The molecule has 10 heteroatoms. The van der Waals surface area contributed by atoms with Gasteiger partial charge in [-0.3, -0.25) is 9.69 Å². The van der Waals surface area contributed by atoms with E-state index in [-0.39, 0.29) is 25.5 Å². The third-order valence-corrected chi connectivity index (χ3v) is 4.69. The molecule has 0 bridgehead atoms. The van der Waals surface area contributed by atoms with E-state index in [0.717, 1.165) is 14.9 Å². The van der Waals surface area contributed by atoms with Crippen molar-refractivity contribution in [1.82, 2.24) is 19.7 Å². The molecular formula is C19H15ClFN5O3. The van der Waals surface area contributed by atoms with Crippen molar-refractivity contribution < 1.29 is 14.0 Å². The first-order chi connectivity index (χ1) is 13.9. The summed E-state index contributed by atoms with van der Waals surface area (Å²) in [6, 6.07) is 11.9. The second-order valence-electron chi connectivity index (χ2n) is 6.43. The summed E-state index contributed by atoms with van der Waals surface area (Å²) in [5.74, 6) is -0.666. The molecule has 2 aromatic carbocycles. The van der Waals surface area contributed by atoms with E-state index >= 15 is 0 Å². The summed E-state index contributed by atoms with van der Waals surface area (Å²) < 4.78 is 15.2. The Bertz CT molecular complexity index is 1160. The van der Waals surface area contributed by atoms with Crippen LogP contribution in [-0.2, 0) is 24.4 Å². The summed E-state index contributed by atoms with van der Waals surface area (Å²) in [5, 5.41) is 3.23. The summed E-state index contributed by atoms with van der Waals surface area (Å²) in [6.45, 7) is -0.0863. The molecule has 1 N–H and O–H groups in total. The Morgan fingerprint density at radius 1 is 1.17 bits per heavy atom. The topological polar surface area (TPSA) is 89.2 Å². The summed E-state index contributed by atoms with van der Waals surface area (Å²) in [6.07, 6.45) is 0. The first-order valence-corrected chi connectivity index (χ1v) is 9.07. The molecule has 0 unspecified atom stereocenters. The lowest BCUT2D eigenvalue weighted by Gasteiger charge is -2.15. The van der Waals surface area contributed by atoms with Gasteiger partial charge >= 0.3 is 11.7 Å². The van der Waals surface area contributed by atoms with Gasteiger partial charge in [0.15, 0.2) is 5.82 Å². The van der Waals surface area contributed by atoms with E-state index in [9.17, 15) is 18.8 Å². The van der Waals surface area contributed by atoms with Crippen molar-refractivity contribution in [3.63, 3.8) is 0 Å². The highest BCUT2D eigenvalue weighted by Gasteiger charge is 2.33. The van der Waals surface area contributed by atoms with Gasteiger partial charge in [0, 0.05) is 17.3 Å². The van der Waals surface area contributed by atoms with Crippen LogP contribution in [0, 0.1) is 5.82 Å². The van der Waals surface area contributed by atoms with Gasteiger partial charge in [-0.15, -0.1) is 0 Å². The second-order valence-corrected chi connectivity index (χ2v) is 6.87. The summed E-state index contributed by atoms with van der Waals surface area (Å²) >= 11 is 5.92. The standard InChI is InChI=1S/C19H15ClFN5O3/c20-13-3-1-2-12(8-13)9-22-17(27)11-25-18(28)23-16-10-24(19(29)26(16)25)15-6-4-14(21)5-7-15/h1-8H,9-11H2,(H,22,27). The predicted molar refractivity (Wildman–Crippen MR) is 103 cm³/mol. The van der Waals surface area contributed by atoms with Gasteiger partial charge in [-0.25, -0.2) is 18.7 Å². The molecular weight excluding hydrogens is 401 g/mol. The zero-order chi connectivity index (χ0) is 20.5. The van der Waals surface area contributed by atoms with Crippen molar-refractivity contribution in [2.45, 2.75) is 19.6 Å². The largest absolute Gasteiger partial charge is 0.365 e. The van der Waals surface area contributed by atoms with Crippen LogP contribution in [0.5, 0.6) is 0 Å². The lowest BCUT2D eigenvalue weighted by molar-refractivity contribution is -0.122. The molecule has 1 aliphatic heterocycles. The number of anilines is 1. The Labute approximate surface area is 169 Å². The SMILES string of the molecule is O=C(Cn1c(=O)nc2n1C(=O)N(c1ccc(F)cc1)C2)NCc1cccc(Cl)c1. The Balaban J connectivity index is 1.49. The maximum atomic E-state index is 13.1. The van der Waals surface area contributed by atoms with Crippen molar-refractivity contribution in [3.8, 4) is 0 Å². The zero-order valence-electron chi connectivity index (χ0n) is 15.0. The zero-order valence-corrected chi connectivity index (χ0v) is 15.8. The molecule has 0 spiro atoms. The molecule has 0 radical (unpaired) electrons. The molecule has 29 heavy (non-hydrogen) atoms. The van der Waals surface area contributed by atoms with Gasteiger partial charge in [-0.1, -0.05) is 23.7 Å². The van der Waals surface area contributed by atoms with Crippen LogP contribution in [0.3, 0.4) is 0 Å². The Morgan fingerprint density at radius 2 is 1.93 bits per heavy atom. The van der Waals surface area contributed by atoms with Crippen molar-refractivity contribution in [2.24, 2.45) is 0 Å². The van der Waals surface area contributed by atoms with Gasteiger partial charge in [-0.2, -0.15) is 9.67 Å². The van der Waals surface area contributed by atoms with E-state index < -0.39 is 23.4 Å². The second kappa shape index (κ2) is 7.51. The minimum Gasteiger partial charge on any atom is -0.350 e. The van der Waals surface area contributed by atoms with E-state index in [1.165, 1.54) is 29.2 Å². The normalized spacial score (nSPS) is 12.9. The third-order valence-electron chi connectivity index (χ3n) is 4.45. The number of hydrogen-bond acceptors (Lipinski definition) is 4. The minimum atomic E-state index is -0.690. The Morgan fingerprint density at radius 3 is 2.66 bits per heavy atom. The quantitative estimate of drug-likeness (QED) is 0.691. The van der Waals surface area contributed by atoms with E-state index in [1.807, 2.05) is 0 Å². The molecule has 0 saturated heterocycles. The molecule has 1 aromatic heterocycles. The van der Waals surface area contributed by atoms with Gasteiger partial charge in [0.2, 0.25) is 5.91 Å². The van der Waals surface area contributed by atoms with Crippen LogP contribution in [0.4, 0.5) is 14.9 Å². The number of fused-ring (bicyclic) bond motifs is 1. The lowest BCUT2D eigenvalue weighted by Crippen LogP contribution is -2.38. The van der Waals surface area contributed by atoms with Crippen molar-refractivity contribution in [1.29, 1.82) is 0 Å². The number of carbonyl (C=O) groups excluding carboxylic acids is 2. The molecule has 8 nitrogen and oxygen atoms in total. The molecule has 2 heterocycles. The predicted octanol–water partition coefficient (Wildman–Crippen LogP) is 2.14. The van der Waals surface area contributed by atoms with Crippen molar-refractivity contribution in [2.75, 3.05) is 4.90 Å². The van der Waals surface area contributed by atoms with Crippen LogP contribution < -0.4 is 15.9 Å². The molecule has 2 amide bonds. The summed E-state index contributed by atoms with van der Waals surface area (Å²) in [4.78, 5) is 42.4. The number of hydrogen-bond donors (Lipinski definition) is 1. The van der Waals surface area contributed by atoms with Crippen LogP contribution in [-0.4, -0.2) is 26.3 Å². The van der Waals surface area contributed by atoms with Gasteiger partial charge in [0.1, 0.15) is 12.4 Å². The minimum absolute atomic E-state index is 0.0524. The fourth-order valence-electron chi connectivity index (χ4n) is 3.08. The highest BCUT2D eigenvalue weighted by Crippen LogP contribution is 2.23. The molecule has 0 saturated carbocycles. The number of aromatic nitrogens is 3. The lowest BCUT2D eigenvalue weighted by atomic mass is 10.2. The number of nitrogens with zero attached hydrogens (tertiary/aromatic N) is 4. The van der Waals surface area contributed by atoms with Crippen molar-refractivity contribution in [3.05, 3.63) is 81.2 Å². The third kappa shape index (κ3) is 3.77. The number of carbonyl (C=O) groups is 2. The first kappa shape index (κ1) is 18.9. The van der Waals surface area contributed by atoms with Gasteiger partial charge in [-0.05, 0) is 42.0 Å². The van der Waals surface area contributed by atoms with E-state index in [0.29, 0.717) is 10.7 Å². The van der Waals surface area contributed by atoms with Gasteiger partial charge < -0.3 is 5.32 Å². The van der Waals surface area contributed by atoms with Crippen LogP contribution in [0.15, 0.2) is 53.3 Å². The first-order valence-electron chi connectivity index (χ1n) is 8.69. The van der Waals surface area contributed by atoms with E-state index in [2.05, 4.69) is 10.3 Å². The smallest absolute Gasteiger partial charge is 0.350 e. The molecule has 0 fully saturated rings. The maximum Gasteiger partial charge on any atom is 0.365 e. The summed E-state index contributed by atoms with van der Waals surface area (Å²) in [5.41, 5.74) is 0.576. The number of rotatable bonds is 5. The van der Waals surface area contributed by atoms with Crippen LogP contribution in [0.1, 0.15) is 11.4 Å². The van der Waals surface area contributed by atoms with Gasteiger partial charge in [0.05, 0.1) is 6.54 Å². The van der Waals surface area contributed by atoms with Crippen molar-refractivity contribution >= 4 is 29.2 Å². The maximum absolute atomic E-state index is 13.1. The van der Waals surface area contributed by atoms with Crippen LogP contribution in [0.2, 0.25) is 5.02 Å². The molecule has 0 aliphatic carbocycles. The molecule has 0 atom stereocenters. The number of halogens is 2. The highest BCUT2D eigenvalue weighted by molar-refractivity contribution is 6.30. The average Bonchev–Trinajstić information content (AvgIpc) is 3.17. The fraction of sp³-hybridized carbons (Fsp3) is 0.158. The fourth-order valence-corrected chi connectivity index (χ4v) is 3.29. The van der Waals surface area contributed by atoms with Gasteiger partial charge in [0.25, 0.3) is 0 Å². The number of benzene rings is 2. The average molecular weight is 416 g/mol. The van der Waals surface area contributed by atoms with Crippen LogP contribution in [0.25, 0.3) is 0 Å². The summed E-state index contributed by atoms with van der Waals surface area (Å²) in [7, 11) is 0. The van der Waals surface area contributed by atoms with E-state index in [4.69, 9.17) is 11.6 Å². The monoisotopic (exact) mass is 415 g/mol. The molecule has 1 aliphatic rings. The molecule has 3 aromatic rings. The van der Waals surface area contributed by atoms with Crippen LogP contribution >= 0.6 is 11.6 Å². The highest BCUT2D eigenvalue weighted by atomic mass is 35.5. The Kier molecular flexibility index (Phi) is 4.89. The number of nitrogens with one attached hydrogen (secondary N) is 1. The Hall–Kier alpha value is -3.46. The molecule has 148 valence electrons.